The predicted octanol–water partition coefficient (Wildman–Crippen LogP) is 4.67. The van der Waals surface area contributed by atoms with Crippen molar-refractivity contribution in [3.63, 3.8) is 0 Å². The highest BCUT2D eigenvalue weighted by Gasteiger charge is 2.40. The SMILES string of the molecule is CCN(C(=O)Nc1ccc2c(c1)C(=O)N(C1CCCCC1)C2=O)c1ccccc1. The highest BCUT2D eigenvalue weighted by Crippen LogP contribution is 2.32. The van der Waals surface area contributed by atoms with Gasteiger partial charge in [0.25, 0.3) is 11.8 Å². The minimum Gasteiger partial charge on any atom is -0.308 e. The number of amides is 4. The topological polar surface area (TPSA) is 69.7 Å². The smallest absolute Gasteiger partial charge is 0.308 e. The molecule has 150 valence electrons. The Morgan fingerprint density at radius 3 is 2.38 bits per heavy atom. The number of hydrogen-bond acceptors (Lipinski definition) is 3. The molecule has 6 nitrogen and oxygen atoms in total. The molecule has 6 heteroatoms. The van der Waals surface area contributed by atoms with Crippen LogP contribution in [-0.2, 0) is 0 Å². The normalized spacial score (nSPS) is 16.7. The van der Waals surface area contributed by atoms with Gasteiger partial charge in [0.15, 0.2) is 0 Å². The molecule has 2 aromatic rings. The molecule has 0 unspecified atom stereocenters. The van der Waals surface area contributed by atoms with Gasteiger partial charge in [-0.1, -0.05) is 37.5 Å². The number of carbonyl (C=O) groups is 3. The van der Waals surface area contributed by atoms with Gasteiger partial charge >= 0.3 is 6.03 Å². The molecule has 1 aliphatic heterocycles. The second-order valence-corrected chi connectivity index (χ2v) is 7.54. The largest absolute Gasteiger partial charge is 0.326 e. The van der Waals surface area contributed by atoms with Crippen molar-refractivity contribution < 1.29 is 14.4 Å². The fourth-order valence-corrected chi connectivity index (χ4v) is 4.25. The van der Waals surface area contributed by atoms with Crippen molar-refractivity contribution in [2.45, 2.75) is 45.1 Å². The Balaban J connectivity index is 1.54. The van der Waals surface area contributed by atoms with Crippen molar-refractivity contribution >= 4 is 29.2 Å². The molecule has 4 amide bonds. The zero-order chi connectivity index (χ0) is 20.4. The van der Waals surface area contributed by atoms with Gasteiger partial charge in [0.2, 0.25) is 0 Å². The number of rotatable bonds is 4. The zero-order valence-corrected chi connectivity index (χ0v) is 16.6. The van der Waals surface area contributed by atoms with Gasteiger partial charge in [-0.05, 0) is 50.1 Å². The molecule has 1 saturated carbocycles. The maximum Gasteiger partial charge on any atom is 0.326 e. The molecule has 4 rings (SSSR count). The summed E-state index contributed by atoms with van der Waals surface area (Å²) in [6, 6.07) is 14.1. The number of hydrogen-bond donors (Lipinski definition) is 1. The van der Waals surface area contributed by atoms with Crippen LogP contribution in [0.15, 0.2) is 48.5 Å². The number of fused-ring (bicyclic) bond motifs is 1. The Kier molecular flexibility index (Phi) is 5.34. The van der Waals surface area contributed by atoms with Gasteiger partial charge in [0, 0.05) is 24.0 Å². The number of benzene rings is 2. The van der Waals surface area contributed by atoms with E-state index in [1.54, 1.807) is 23.1 Å². The number of urea groups is 1. The van der Waals surface area contributed by atoms with Crippen LogP contribution in [0.4, 0.5) is 16.2 Å². The van der Waals surface area contributed by atoms with Crippen LogP contribution in [0.25, 0.3) is 0 Å². The van der Waals surface area contributed by atoms with E-state index in [1.807, 2.05) is 37.3 Å². The molecule has 0 radical (unpaired) electrons. The van der Waals surface area contributed by atoms with Crippen molar-refractivity contribution in [2.75, 3.05) is 16.8 Å². The third-order valence-corrected chi connectivity index (χ3v) is 5.74. The van der Waals surface area contributed by atoms with E-state index in [0.29, 0.717) is 23.4 Å². The molecule has 1 N–H and O–H groups in total. The second kappa shape index (κ2) is 8.07. The highest BCUT2D eigenvalue weighted by molar-refractivity contribution is 6.22. The van der Waals surface area contributed by atoms with Crippen LogP contribution >= 0.6 is 0 Å². The Hall–Kier alpha value is -3.15. The van der Waals surface area contributed by atoms with Crippen LogP contribution in [-0.4, -0.2) is 35.3 Å². The Morgan fingerprint density at radius 1 is 1.00 bits per heavy atom. The molecule has 1 aliphatic carbocycles. The van der Waals surface area contributed by atoms with E-state index in [0.717, 1.165) is 37.8 Å². The maximum absolute atomic E-state index is 12.9. The lowest BCUT2D eigenvalue weighted by molar-refractivity contribution is 0.0549. The molecule has 1 heterocycles. The van der Waals surface area contributed by atoms with E-state index in [9.17, 15) is 14.4 Å². The van der Waals surface area contributed by atoms with E-state index in [1.165, 1.54) is 4.90 Å². The molecular formula is C23H25N3O3. The summed E-state index contributed by atoms with van der Waals surface area (Å²) in [6.07, 6.45) is 5.00. The first-order valence-electron chi connectivity index (χ1n) is 10.3. The minimum absolute atomic E-state index is 0.0112. The van der Waals surface area contributed by atoms with Crippen molar-refractivity contribution in [1.82, 2.24) is 4.90 Å². The Morgan fingerprint density at radius 2 is 1.69 bits per heavy atom. The summed E-state index contributed by atoms with van der Waals surface area (Å²) in [5, 5.41) is 2.86. The summed E-state index contributed by atoms with van der Waals surface area (Å²) in [4.78, 5) is 41.5. The van der Waals surface area contributed by atoms with Gasteiger partial charge in [-0.25, -0.2) is 4.79 Å². The number of nitrogens with one attached hydrogen (secondary N) is 1. The molecule has 0 aromatic heterocycles. The highest BCUT2D eigenvalue weighted by atomic mass is 16.2. The lowest BCUT2D eigenvalue weighted by atomic mass is 9.94. The first kappa shape index (κ1) is 19.2. The molecule has 2 aliphatic rings. The van der Waals surface area contributed by atoms with Gasteiger partial charge in [-0.3, -0.25) is 19.4 Å². The van der Waals surface area contributed by atoms with Crippen molar-refractivity contribution in [3.05, 3.63) is 59.7 Å². The third-order valence-electron chi connectivity index (χ3n) is 5.74. The lowest BCUT2D eigenvalue weighted by Gasteiger charge is -2.29. The molecule has 0 spiro atoms. The molecule has 0 bridgehead atoms. The average Bonchev–Trinajstić information content (AvgIpc) is 3.00. The van der Waals surface area contributed by atoms with E-state index in [-0.39, 0.29) is 23.9 Å². The van der Waals surface area contributed by atoms with Crippen LogP contribution in [0.3, 0.4) is 0 Å². The summed E-state index contributed by atoms with van der Waals surface area (Å²) in [5.74, 6) is -0.461. The fraction of sp³-hybridized carbons (Fsp3) is 0.348. The number of nitrogens with zero attached hydrogens (tertiary/aromatic N) is 2. The fourth-order valence-electron chi connectivity index (χ4n) is 4.25. The molecule has 0 saturated heterocycles. The number of anilines is 2. The molecule has 1 fully saturated rings. The summed E-state index contributed by atoms with van der Waals surface area (Å²) < 4.78 is 0. The zero-order valence-electron chi connectivity index (χ0n) is 16.6. The van der Waals surface area contributed by atoms with Gasteiger partial charge in [0.1, 0.15) is 0 Å². The second-order valence-electron chi connectivity index (χ2n) is 7.54. The molecule has 0 atom stereocenters. The minimum atomic E-state index is -0.278. The lowest BCUT2D eigenvalue weighted by Crippen LogP contribution is -2.40. The monoisotopic (exact) mass is 391 g/mol. The maximum atomic E-state index is 12.9. The molecule has 2 aromatic carbocycles. The number of para-hydroxylation sites is 1. The van der Waals surface area contributed by atoms with E-state index in [4.69, 9.17) is 0 Å². The standard InChI is InChI=1S/C23H25N3O3/c1-2-25(17-9-5-3-6-10-17)23(29)24-16-13-14-19-20(15-16)22(28)26(21(19)27)18-11-7-4-8-12-18/h3,5-6,9-10,13-15,18H,2,4,7-8,11-12H2,1H3,(H,24,29). The summed E-state index contributed by atoms with van der Waals surface area (Å²) in [5.41, 5.74) is 2.10. The van der Waals surface area contributed by atoms with Crippen LogP contribution in [0.1, 0.15) is 59.7 Å². The first-order valence-corrected chi connectivity index (χ1v) is 10.3. The van der Waals surface area contributed by atoms with Crippen molar-refractivity contribution in [1.29, 1.82) is 0 Å². The van der Waals surface area contributed by atoms with E-state index < -0.39 is 0 Å². The van der Waals surface area contributed by atoms with E-state index >= 15 is 0 Å². The first-order chi connectivity index (χ1) is 14.1. The number of carbonyl (C=O) groups excluding carboxylic acids is 3. The van der Waals surface area contributed by atoms with Gasteiger partial charge in [-0.15, -0.1) is 0 Å². The number of imide groups is 1. The Labute approximate surface area is 170 Å². The van der Waals surface area contributed by atoms with Gasteiger partial charge in [0.05, 0.1) is 11.1 Å². The predicted molar refractivity (Wildman–Crippen MR) is 112 cm³/mol. The summed E-state index contributed by atoms with van der Waals surface area (Å²) in [6.45, 7) is 2.41. The van der Waals surface area contributed by atoms with Crippen molar-refractivity contribution in [3.8, 4) is 0 Å². The third kappa shape index (κ3) is 3.62. The van der Waals surface area contributed by atoms with Crippen LogP contribution in [0.5, 0.6) is 0 Å². The van der Waals surface area contributed by atoms with Crippen LogP contribution < -0.4 is 10.2 Å². The summed E-state index contributed by atoms with van der Waals surface area (Å²) >= 11 is 0. The molecule has 29 heavy (non-hydrogen) atoms. The van der Waals surface area contributed by atoms with Gasteiger partial charge in [-0.2, -0.15) is 0 Å². The summed E-state index contributed by atoms with van der Waals surface area (Å²) in [7, 11) is 0. The average molecular weight is 391 g/mol. The quantitative estimate of drug-likeness (QED) is 0.770. The molecular weight excluding hydrogens is 366 g/mol. The van der Waals surface area contributed by atoms with Crippen LogP contribution in [0.2, 0.25) is 0 Å². The van der Waals surface area contributed by atoms with Crippen LogP contribution in [0, 0.1) is 0 Å². The van der Waals surface area contributed by atoms with Gasteiger partial charge < -0.3 is 5.32 Å². The Bertz CT molecular complexity index is 936. The van der Waals surface area contributed by atoms with E-state index in [2.05, 4.69) is 5.32 Å². The van der Waals surface area contributed by atoms with Crippen molar-refractivity contribution in [2.24, 2.45) is 0 Å².